The molecular formula is C13H9Cl2IO. The lowest BCUT2D eigenvalue weighted by Gasteiger charge is -2.12. The summed E-state index contributed by atoms with van der Waals surface area (Å²) >= 11 is 14.1. The molecule has 2 aromatic rings. The maximum Gasteiger partial charge on any atom is 0.104 e. The van der Waals surface area contributed by atoms with Crippen LogP contribution in [0, 0.1) is 3.57 Å². The van der Waals surface area contributed by atoms with Crippen LogP contribution >= 0.6 is 45.8 Å². The summed E-state index contributed by atoms with van der Waals surface area (Å²) in [5.41, 5.74) is 1.52. The van der Waals surface area contributed by atoms with Crippen LogP contribution in [0.3, 0.4) is 0 Å². The standard InChI is InChI=1S/C13H9Cl2IO/c14-10-3-1-2-8(6-10)13(17)9-4-5-12(16)11(15)7-9/h1-7,13,17H. The van der Waals surface area contributed by atoms with Gasteiger partial charge in [-0.05, 0) is 58.0 Å². The molecule has 17 heavy (non-hydrogen) atoms. The van der Waals surface area contributed by atoms with Crippen LogP contribution in [0.2, 0.25) is 10.0 Å². The third-order valence-corrected chi connectivity index (χ3v) is 4.23. The largest absolute Gasteiger partial charge is 0.384 e. The Hall–Kier alpha value is -0.290. The van der Waals surface area contributed by atoms with E-state index in [9.17, 15) is 5.11 Å². The molecule has 1 unspecified atom stereocenters. The van der Waals surface area contributed by atoms with E-state index in [4.69, 9.17) is 23.2 Å². The van der Waals surface area contributed by atoms with E-state index in [1.54, 1.807) is 18.2 Å². The van der Waals surface area contributed by atoms with Crippen LogP contribution in [-0.4, -0.2) is 5.11 Å². The summed E-state index contributed by atoms with van der Waals surface area (Å²) in [7, 11) is 0. The van der Waals surface area contributed by atoms with Crippen molar-refractivity contribution >= 4 is 45.8 Å². The first-order valence-electron chi connectivity index (χ1n) is 4.96. The molecule has 0 saturated heterocycles. The van der Waals surface area contributed by atoms with Crippen molar-refractivity contribution in [1.82, 2.24) is 0 Å². The van der Waals surface area contributed by atoms with Crippen LogP contribution in [0.15, 0.2) is 42.5 Å². The van der Waals surface area contributed by atoms with Gasteiger partial charge in [-0.3, -0.25) is 0 Å². The van der Waals surface area contributed by atoms with Crippen LogP contribution in [0.5, 0.6) is 0 Å². The van der Waals surface area contributed by atoms with E-state index in [-0.39, 0.29) is 0 Å². The molecule has 0 aliphatic rings. The molecule has 0 saturated carbocycles. The quantitative estimate of drug-likeness (QED) is 0.752. The normalized spacial score (nSPS) is 12.5. The fourth-order valence-corrected chi connectivity index (χ4v) is 2.27. The Bertz CT molecular complexity index is 543. The van der Waals surface area contributed by atoms with E-state index >= 15 is 0 Å². The third kappa shape index (κ3) is 3.13. The summed E-state index contributed by atoms with van der Waals surface area (Å²) in [6.45, 7) is 0. The molecule has 0 bridgehead atoms. The smallest absolute Gasteiger partial charge is 0.104 e. The van der Waals surface area contributed by atoms with Gasteiger partial charge in [0.1, 0.15) is 6.10 Å². The van der Waals surface area contributed by atoms with Crippen LogP contribution in [0.25, 0.3) is 0 Å². The minimum atomic E-state index is -0.705. The van der Waals surface area contributed by atoms with E-state index in [2.05, 4.69) is 22.6 Å². The second-order valence-electron chi connectivity index (χ2n) is 3.63. The zero-order valence-corrected chi connectivity index (χ0v) is 12.4. The van der Waals surface area contributed by atoms with Gasteiger partial charge in [-0.25, -0.2) is 0 Å². The molecule has 1 atom stereocenters. The highest BCUT2D eigenvalue weighted by Crippen LogP contribution is 2.28. The van der Waals surface area contributed by atoms with Gasteiger partial charge < -0.3 is 5.11 Å². The second kappa shape index (κ2) is 5.57. The van der Waals surface area contributed by atoms with Gasteiger partial charge in [-0.1, -0.05) is 41.4 Å². The van der Waals surface area contributed by atoms with E-state index in [1.165, 1.54) is 0 Å². The van der Waals surface area contributed by atoms with Gasteiger partial charge >= 0.3 is 0 Å². The molecule has 0 aliphatic carbocycles. The third-order valence-electron chi connectivity index (χ3n) is 2.42. The summed E-state index contributed by atoms with van der Waals surface area (Å²) in [6, 6.07) is 12.7. The average Bonchev–Trinajstić information content (AvgIpc) is 2.32. The lowest BCUT2D eigenvalue weighted by Crippen LogP contribution is -1.99. The van der Waals surface area contributed by atoms with Crippen molar-refractivity contribution in [2.24, 2.45) is 0 Å². The highest BCUT2D eigenvalue weighted by Gasteiger charge is 2.11. The minimum Gasteiger partial charge on any atom is -0.384 e. The van der Waals surface area contributed by atoms with Crippen molar-refractivity contribution in [2.45, 2.75) is 6.10 Å². The Morgan fingerprint density at radius 3 is 2.35 bits per heavy atom. The van der Waals surface area contributed by atoms with E-state index in [0.29, 0.717) is 10.0 Å². The fraction of sp³-hybridized carbons (Fsp3) is 0.0769. The summed E-state index contributed by atoms with van der Waals surface area (Å²) in [6.07, 6.45) is -0.705. The number of benzene rings is 2. The Morgan fingerprint density at radius 1 is 1.00 bits per heavy atom. The van der Waals surface area contributed by atoms with Crippen LogP contribution < -0.4 is 0 Å². The molecule has 0 spiro atoms. The maximum absolute atomic E-state index is 10.2. The molecule has 2 rings (SSSR count). The highest BCUT2D eigenvalue weighted by molar-refractivity contribution is 14.1. The molecule has 0 heterocycles. The summed E-state index contributed by atoms with van der Waals surface area (Å²) < 4.78 is 0.964. The fourth-order valence-electron chi connectivity index (χ4n) is 1.55. The first-order valence-corrected chi connectivity index (χ1v) is 6.80. The first-order chi connectivity index (χ1) is 8.08. The number of hydrogen-bond donors (Lipinski definition) is 1. The number of aliphatic hydroxyl groups excluding tert-OH is 1. The van der Waals surface area contributed by atoms with Crippen molar-refractivity contribution in [3.8, 4) is 0 Å². The predicted molar refractivity (Wildman–Crippen MR) is 79.7 cm³/mol. The second-order valence-corrected chi connectivity index (χ2v) is 5.64. The van der Waals surface area contributed by atoms with Gasteiger partial charge in [-0.15, -0.1) is 0 Å². The molecule has 0 aliphatic heterocycles. The van der Waals surface area contributed by atoms with Gasteiger partial charge in [0.25, 0.3) is 0 Å². The van der Waals surface area contributed by atoms with Crippen molar-refractivity contribution < 1.29 is 5.11 Å². The predicted octanol–water partition coefficient (Wildman–Crippen LogP) is 4.68. The van der Waals surface area contributed by atoms with Gasteiger partial charge in [-0.2, -0.15) is 0 Å². The Labute approximate surface area is 124 Å². The van der Waals surface area contributed by atoms with E-state index in [1.807, 2.05) is 24.3 Å². The van der Waals surface area contributed by atoms with Crippen molar-refractivity contribution in [1.29, 1.82) is 0 Å². The summed E-state index contributed by atoms with van der Waals surface area (Å²) in [4.78, 5) is 0. The molecule has 4 heteroatoms. The van der Waals surface area contributed by atoms with Gasteiger partial charge in [0.15, 0.2) is 0 Å². The molecule has 0 amide bonds. The minimum absolute atomic E-state index is 0.609. The topological polar surface area (TPSA) is 20.2 Å². The lowest BCUT2D eigenvalue weighted by molar-refractivity contribution is 0.220. The molecule has 0 radical (unpaired) electrons. The highest BCUT2D eigenvalue weighted by atomic mass is 127. The molecule has 2 aromatic carbocycles. The summed E-state index contributed by atoms with van der Waals surface area (Å²) in [5, 5.41) is 11.5. The number of halogens is 3. The average molecular weight is 379 g/mol. The van der Waals surface area contributed by atoms with Gasteiger partial charge in [0.05, 0.1) is 5.02 Å². The zero-order valence-electron chi connectivity index (χ0n) is 8.70. The number of rotatable bonds is 2. The van der Waals surface area contributed by atoms with Crippen molar-refractivity contribution in [2.75, 3.05) is 0 Å². The molecule has 1 nitrogen and oxygen atoms in total. The van der Waals surface area contributed by atoms with Crippen molar-refractivity contribution in [3.63, 3.8) is 0 Å². The molecule has 88 valence electrons. The van der Waals surface area contributed by atoms with Gasteiger partial charge in [0, 0.05) is 8.59 Å². The first kappa shape index (κ1) is 13.1. The van der Waals surface area contributed by atoms with Crippen LogP contribution in [0.4, 0.5) is 0 Å². The molecule has 0 aromatic heterocycles. The zero-order chi connectivity index (χ0) is 12.4. The summed E-state index contributed by atoms with van der Waals surface area (Å²) in [5.74, 6) is 0. The van der Waals surface area contributed by atoms with E-state index < -0.39 is 6.10 Å². The maximum atomic E-state index is 10.2. The Kier molecular flexibility index (Phi) is 4.31. The SMILES string of the molecule is OC(c1cccc(Cl)c1)c1ccc(I)c(Cl)c1. The Balaban J connectivity index is 2.36. The van der Waals surface area contributed by atoms with Crippen LogP contribution in [-0.2, 0) is 0 Å². The number of hydrogen-bond acceptors (Lipinski definition) is 1. The van der Waals surface area contributed by atoms with Crippen molar-refractivity contribution in [3.05, 3.63) is 67.2 Å². The van der Waals surface area contributed by atoms with E-state index in [0.717, 1.165) is 14.7 Å². The molecule has 1 N–H and O–H groups in total. The molecular weight excluding hydrogens is 370 g/mol. The molecule has 0 fully saturated rings. The Morgan fingerprint density at radius 2 is 1.71 bits per heavy atom. The van der Waals surface area contributed by atoms with Gasteiger partial charge in [0.2, 0.25) is 0 Å². The monoisotopic (exact) mass is 378 g/mol. The van der Waals surface area contributed by atoms with Crippen LogP contribution in [0.1, 0.15) is 17.2 Å². The number of aliphatic hydroxyl groups is 1. The lowest BCUT2D eigenvalue weighted by atomic mass is 10.0.